The van der Waals surface area contributed by atoms with E-state index in [2.05, 4.69) is 0 Å². The smallest absolute Gasteiger partial charge is 0.114 e. The highest BCUT2D eigenvalue weighted by molar-refractivity contribution is 5.23. The number of nitrogens with two attached hydrogens (primary N) is 1. The molecule has 3 nitrogen and oxygen atoms in total. The highest BCUT2D eigenvalue weighted by Crippen LogP contribution is 2.23. The van der Waals surface area contributed by atoms with Gasteiger partial charge in [0.25, 0.3) is 0 Å². The maximum atomic E-state index is 9.00. The molecule has 0 bridgehead atoms. The molecule has 1 aliphatic rings. The molecule has 0 saturated heterocycles. The van der Waals surface area contributed by atoms with Crippen molar-refractivity contribution in [3.8, 4) is 0 Å². The Morgan fingerprint density at radius 3 is 2.91 bits per heavy atom. The van der Waals surface area contributed by atoms with Gasteiger partial charge in [0.1, 0.15) is 5.60 Å². The molecule has 1 rings (SSSR count). The van der Waals surface area contributed by atoms with E-state index in [1.807, 2.05) is 12.2 Å². The number of ether oxygens (including phenoxy) is 1. The van der Waals surface area contributed by atoms with Crippen LogP contribution in [0.2, 0.25) is 0 Å². The van der Waals surface area contributed by atoms with E-state index in [0.29, 0.717) is 6.42 Å². The Morgan fingerprint density at radius 1 is 1.82 bits per heavy atom. The molecule has 0 heterocycles. The Hall–Kier alpha value is -0.800. The molecule has 3 heteroatoms. The van der Waals surface area contributed by atoms with Crippen LogP contribution in [0.1, 0.15) is 6.42 Å². The molecule has 1 aliphatic carbocycles. The van der Waals surface area contributed by atoms with Gasteiger partial charge in [-0.15, -0.1) is 0 Å². The summed E-state index contributed by atoms with van der Waals surface area (Å²) < 4.78 is 5.14. The molecule has 3 N–H and O–H groups in total. The summed E-state index contributed by atoms with van der Waals surface area (Å²) in [5.41, 5.74) is 5.73. The van der Waals surface area contributed by atoms with Crippen LogP contribution >= 0.6 is 0 Å². The van der Waals surface area contributed by atoms with Gasteiger partial charge in [-0.2, -0.15) is 0 Å². The summed E-state index contributed by atoms with van der Waals surface area (Å²) in [5.74, 6) is 0. The van der Waals surface area contributed by atoms with Crippen LogP contribution in [-0.4, -0.2) is 24.4 Å². The van der Waals surface area contributed by atoms with Crippen LogP contribution < -0.4 is 5.73 Å². The van der Waals surface area contributed by atoms with Gasteiger partial charge in [0.15, 0.2) is 0 Å². The molecule has 0 aromatic rings. The predicted octanol–water partition coefficient (Wildman–Crippen LogP) is 0.166. The second-order valence-corrected chi connectivity index (χ2v) is 2.70. The summed E-state index contributed by atoms with van der Waals surface area (Å²) in [6.45, 7) is -0.0332. The highest BCUT2D eigenvalue weighted by Gasteiger charge is 2.27. The summed E-state index contributed by atoms with van der Waals surface area (Å²) in [4.78, 5) is 0. The van der Waals surface area contributed by atoms with Crippen molar-refractivity contribution in [1.82, 2.24) is 0 Å². The van der Waals surface area contributed by atoms with Crippen LogP contribution in [0.5, 0.6) is 0 Å². The van der Waals surface area contributed by atoms with Gasteiger partial charge in [0, 0.05) is 19.2 Å². The standard InChI is InChI=1S/C8H13NO2/c1-11-8(6-10)4-2-3-7(9)5-8/h2-4,10H,5-6,9H2,1H3. The van der Waals surface area contributed by atoms with E-state index in [-0.39, 0.29) is 6.61 Å². The average molecular weight is 155 g/mol. The van der Waals surface area contributed by atoms with Gasteiger partial charge in [-0.05, 0) is 6.08 Å². The van der Waals surface area contributed by atoms with Gasteiger partial charge < -0.3 is 15.6 Å². The number of aliphatic hydroxyl groups excluding tert-OH is 1. The first kappa shape index (κ1) is 8.30. The van der Waals surface area contributed by atoms with E-state index >= 15 is 0 Å². The zero-order chi connectivity index (χ0) is 8.32. The molecule has 11 heavy (non-hydrogen) atoms. The zero-order valence-corrected chi connectivity index (χ0v) is 6.58. The van der Waals surface area contributed by atoms with Gasteiger partial charge in [0.05, 0.1) is 6.61 Å². The number of hydrogen-bond acceptors (Lipinski definition) is 3. The largest absolute Gasteiger partial charge is 0.402 e. The Morgan fingerprint density at radius 2 is 2.55 bits per heavy atom. The molecule has 0 aromatic heterocycles. The van der Waals surface area contributed by atoms with E-state index in [9.17, 15) is 0 Å². The van der Waals surface area contributed by atoms with Gasteiger partial charge in [-0.1, -0.05) is 12.2 Å². The van der Waals surface area contributed by atoms with Crippen LogP contribution in [0, 0.1) is 0 Å². The Bertz CT molecular complexity index is 192. The van der Waals surface area contributed by atoms with Crippen molar-refractivity contribution in [1.29, 1.82) is 0 Å². The maximum absolute atomic E-state index is 9.00. The van der Waals surface area contributed by atoms with Crippen LogP contribution in [0.15, 0.2) is 23.9 Å². The minimum Gasteiger partial charge on any atom is -0.402 e. The molecule has 0 fully saturated rings. The second-order valence-electron chi connectivity index (χ2n) is 2.70. The van der Waals surface area contributed by atoms with Gasteiger partial charge >= 0.3 is 0 Å². The maximum Gasteiger partial charge on any atom is 0.114 e. The van der Waals surface area contributed by atoms with Gasteiger partial charge in [0.2, 0.25) is 0 Å². The molecule has 0 aliphatic heterocycles. The molecule has 0 saturated carbocycles. The second kappa shape index (κ2) is 3.07. The lowest BCUT2D eigenvalue weighted by Gasteiger charge is -2.28. The number of hydrogen-bond donors (Lipinski definition) is 2. The van der Waals surface area contributed by atoms with E-state index in [0.717, 1.165) is 5.70 Å². The quantitative estimate of drug-likeness (QED) is 0.597. The number of methoxy groups -OCH3 is 1. The lowest BCUT2D eigenvalue weighted by Crippen LogP contribution is -2.36. The Kier molecular flexibility index (Phi) is 2.31. The first-order valence-electron chi connectivity index (χ1n) is 3.52. The average Bonchev–Trinajstić information content (AvgIpc) is 2.04. The van der Waals surface area contributed by atoms with Crippen molar-refractivity contribution >= 4 is 0 Å². The van der Waals surface area contributed by atoms with E-state index in [4.69, 9.17) is 15.6 Å². The number of allylic oxidation sites excluding steroid dienone is 2. The first-order chi connectivity index (χ1) is 5.22. The SMILES string of the molecule is COC1(CO)C=CC=C(N)C1. The van der Waals surface area contributed by atoms with Gasteiger partial charge in [-0.3, -0.25) is 0 Å². The van der Waals surface area contributed by atoms with Crippen molar-refractivity contribution in [2.45, 2.75) is 12.0 Å². The van der Waals surface area contributed by atoms with Crippen molar-refractivity contribution in [3.05, 3.63) is 23.9 Å². The fraction of sp³-hybridized carbons (Fsp3) is 0.500. The first-order valence-corrected chi connectivity index (χ1v) is 3.52. The highest BCUT2D eigenvalue weighted by atomic mass is 16.5. The van der Waals surface area contributed by atoms with Crippen molar-refractivity contribution in [3.63, 3.8) is 0 Å². The summed E-state index contributed by atoms with van der Waals surface area (Å²) in [6, 6.07) is 0. The van der Waals surface area contributed by atoms with Crippen molar-refractivity contribution < 1.29 is 9.84 Å². The minimum absolute atomic E-state index is 0.0332. The third kappa shape index (κ3) is 1.61. The number of rotatable bonds is 2. The molecule has 0 amide bonds. The molecule has 0 spiro atoms. The fourth-order valence-corrected chi connectivity index (χ4v) is 1.12. The van der Waals surface area contributed by atoms with Gasteiger partial charge in [-0.25, -0.2) is 0 Å². The molecule has 1 atom stereocenters. The molecule has 62 valence electrons. The van der Waals surface area contributed by atoms with Crippen LogP contribution in [0.3, 0.4) is 0 Å². The third-order valence-corrected chi connectivity index (χ3v) is 1.89. The lowest BCUT2D eigenvalue weighted by atomic mass is 9.94. The van der Waals surface area contributed by atoms with Crippen molar-refractivity contribution in [2.75, 3.05) is 13.7 Å². The summed E-state index contributed by atoms with van der Waals surface area (Å²) >= 11 is 0. The molecule has 0 radical (unpaired) electrons. The topological polar surface area (TPSA) is 55.5 Å². The van der Waals surface area contributed by atoms with E-state index in [1.54, 1.807) is 13.2 Å². The normalized spacial score (nSPS) is 30.2. The molecule has 0 aromatic carbocycles. The summed E-state index contributed by atoms with van der Waals surface area (Å²) in [7, 11) is 1.57. The third-order valence-electron chi connectivity index (χ3n) is 1.89. The predicted molar refractivity (Wildman–Crippen MR) is 42.9 cm³/mol. The molecule has 1 unspecified atom stereocenters. The Labute approximate surface area is 66.2 Å². The summed E-state index contributed by atoms with van der Waals surface area (Å²) in [5, 5.41) is 9.00. The monoisotopic (exact) mass is 155 g/mol. The van der Waals surface area contributed by atoms with E-state index in [1.165, 1.54) is 0 Å². The lowest BCUT2D eigenvalue weighted by molar-refractivity contribution is -0.0146. The van der Waals surface area contributed by atoms with Crippen LogP contribution in [-0.2, 0) is 4.74 Å². The molecular weight excluding hydrogens is 142 g/mol. The zero-order valence-electron chi connectivity index (χ0n) is 6.58. The minimum atomic E-state index is -0.584. The Balaban J connectivity index is 2.75. The fourth-order valence-electron chi connectivity index (χ4n) is 1.12. The van der Waals surface area contributed by atoms with Crippen LogP contribution in [0.4, 0.5) is 0 Å². The number of aliphatic hydroxyl groups is 1. The summed E-state index contributed by atoms with van der Waals surface area (Å²) in [6.07, 6.45) is 6.01. The van der Waals surface area contributed by atoms with Crippen LogP contribution in [0.25, 0.3) is 0 Å². The van der Waals surface area contributed by atoms with E-state index < -0.39 is 5.60 Å². The van der Waals surface area contributed by atoms with Crippen molar-refractivity contribution in [2.24, 2.45) is 5.73 Å². The molecular formula is C8H13NO2.